The van der Waals surface area contributed by atoms with Gasteiger partial charge in [-0.25, -0.2) is 9.59 Å². The minimum atomic E-state index is -0.550. The Bertz CT molecular complexity index is 1330. The number of anilines is 3. The van der Waals surface area contributed by atoms with E-state index in [0.717, 1.165) is 0 Å². The number of carbonyl (C=O) groups is 2. The number of oxazole rings is 1. The van der Waals surface area contributed by atoms with E-state index in [4.69, 9.17) is 16.0 Å². The highest BCUT2D eigenvalue weighted by Crippen LogP contribution is 2.19. The summed E-state index contributed by atoms with van der Waals surface area (Å²) in [6.45, 7) is 0.150. The summed E-state index contributed by atoms with van der Waals surface area (Å²) in [7, 11) is 0. The highest BCUT2D eigenvalue weighted by molar-refractivity contribution is 6.31. The lowest BCUT2D eigenvalue weighted by atomic mass is 10.2. The van der Waals surface area contributed by atoms with Crippen LogP contribution in [0.4, 0.5) is 21.9 Å². The van der Waals surface area contributed by atoms with Gasteiger partial charge in [0.1, 0.15) is 0 Å². The van der Waals surface area contributed by atoms with Crippen LogP contribution in [0, 0.1) is 0 Å². The number of benzene rings is 3. The number of hydrogen-bond donors (Lipinski definition) is 3. The van der Waals surface area contributed by atoms with Crippen molar-refractivity contribution in [2.45, 2.75) is 13.0 Å². The zero-order valence-electron chi connectivity index (χ0n) is 16.8. The van der Waals surface area contributed by atoms with E-state index in [0.29, 0.717) is 33.2 Å². The van der Waals surface area contributed by atoms with Gasteiger partial charge < -0.3 is 20.4 Å². The van der Waals surface area contributed by atoms with E-state index in [-0.39, 0.29) is 18.9 Å². The van der Waals surface area contributed by atoms with Gasteiger partial charge in [0.15, 0.2) is 5.58 Å². The summed E-state index contributed by atoms with van der Waals surface area (Å²) in [5.41, 5.74) is 2.64. The van der Waals surface area contributed by atoms with E-state index >= 15 is 0 Å². The number of amides is 3. The maximum absolute atomic E-state index is 12.4. The molecular formula is C23H19ClN4O4. The molecule has 8 nitrogen and oxygen atoms in total. The summed E-state index contributed by atoms with van der Waals surface area (Å²) in [6.07, 6.45) is 0.0588. The van der Waals surface area contributed by atoms with Gasteiger partial charge >= 0.3 is 11.8 Å². The number of fused-ring (bicyclic) bond motifs is 1. The molecule has 0 aliphatic rings. The summed E-state index contributed by atoms with van der Waals surface area (Å²) in [6, 6.07) is 20.3. The lowest BCUT2D eigenvalue weighted by molar-refractivity contribution is -0.116. The van der Waals surface area contributed by atoms with Crippen molar-refractivity contribution >= 4 is 51.7 Å². The molecule has 3 N–H and O–H groups in total. The van der Waals surface area contributed by atoms with Crippen molar-refractivity contribution in [2.24, 2.45) is 0 Å². The fourth-order valence-corrected chi connectivity index (χ4v) is 3.34. The Morgan fingerprint density at radius 2 is 1.53 bits per heavy atom. The summed E-state index contributed by atoms with van der Waals surface area (Å²) < 4.78 is 6.56. The molecule has 4 rings (SSSR count). The molecule has 0 radical (unpaired) electrons. The van der Waals surface area contributed by atoms with Crippen LogP contribution in [0.25, 0.3) is 11.1 Å². The van der Waals surface area contributed by atoms with Crippen LogP contribution < -0.4 is 21.7 Å². The van der Waals surface area contributed by atoms with Gasteiger partial charge in [0.2, 0.25) is 5.91 Å². The van der Waals surface area contributed by atoms with Gasteiger partial charge in [-0.15, -0.1) is 0 Å². The topological polar surface area (TPSA) is 105 Å². The number of carbonyl (C=O) groups excluding carboxylic acids is 2. The Morgan fingerprint density at radius 3 is 2.31 bits per heavy atom. The smallest absolute Gasteiger partial charge is 0.408 e. The van der Waals surface area contributed by atoms with Crippen LogP contribution in [0.5, 0.6) is 0 Å². The van der Waals surface area contributed by atoms with E-state index in [1.54, 1.807) is 54.6 Å². The van der Waals surface area contributed by atoms with Crippen LogP contribution in [0.3, 0.4) is 0 Å². The standard InChI is InChI=1S/C23H19ClN4O4/c24-15-9-10-19-20(13-15)32-23(31)28(19)12-11-21(29)25-17-7-4-8-18(14-17)27-22(30)26-16-5-2-1-3-6-16/h1-10,13-14H,11-12H2,(H,25,29)(H2,26,27,30). The fourth-order valence-electron chi connectivity index (χ4n) is 3.18. The van der Waals surface area contributed by atoms with E-state index in [1.165, 1.54) is 4.57 Å². The first-order chi connectivity index (χ1) is 15.5. The number of hydrogen-bond acceptors (Lipinski definition) is 4. The second-order valence-electron chi connectivity index (χ2n) is 6.96. The number of nitrogens with zero attached hydrogens (tertiary/aromatic N) is 1. The third-order valence-electron chi connectivity index (χ3n) is 4.63. The van der Waals surface area contributed by atoms with Gasteiger partial charge in [0.25, 0.3) is 0 Å². The number of urea groups is 1. The Balaban J connectivity index is 1.35. The van der Waals surface area contributed by atoms with Gasteiger partial charge in [-0.2, -0.15) is 0 Å². The Hall–Kier alpha value is -4.04. The van der Waals surface area contributed by atoms with Crippen molar-refractivity contribution < 1.29 is 14.0 Å². The van der Waals surface area contributed by atoms with Crippen LogP contribution >= 0.6 is 11.6 Å². The molecule has 1 heterocycles. The normalized spacial score (nSPS) is 10.7. The summed E-state index contributed by atoms with van der Waals surface area (Å²) >= 11 is 5.92. The summed E-state index contributed by atoms with van der Waals surface area (Å²) in [5, 5.41) is 8.67. The molecule has 0 unspecified atom stereocenters. The van der Waals surface area contributed by atoms with Crippen molar-refractivity contribution in [1.29, 1.82) is 0 Å². The third kappa shape index (κ3) is 5.16. The first-order valence-electron chi connectivity index (χ1n) is 9.80. The van der Waals surface area contributed by atoms with Gasteiger partial charge in [-0.1, -0.05) is 35.9 Å². The van der Waals surface area contributed by atoms with E-state index in [2.05, 4.69) is 16.0 Å². The Labute approximate surface area is 187 Å². The van der Waals surface area contributed by atoms with E-state index < -0.39 is 11.8 Å². The van der Waals surface area contributed by atoms with Crippen LogP contribution in [0.1, 0.15) is 6.42 Å². The molecule has 0 atom stereocenters. The number of rotatable bonds is 6. The van der Waals surface area contributed by atoms with Crippen LogP contribution in [0.15, 0.2) is 82.0 Å². The second kappa shape index (κ2) is 9.40. The number of para-hydroxylation sites is 1. The largest absolute Gasteiger partial charge is 0.419 e. The minimum absolute atomic E-state index is 0.0588. The van der Waals surface area contributed by atoms with Gasteiger partial charge in [-0.3, -0.25) is 9.36 Å². The molecule has 0 saturated carbocycles. The first-order valence-corrected chi connectivity index (χ1v) is 10.2. The second-order valence-corrected chi connectivity index (χ2v) is 7.39. The molecule has 0 aliphatic carbocycles. The van der Waals surface area contributed by atoms with Crippen LogP contribution in [-0.4, -0.2) is 16.5 Å². The Kier molecular flexibility index (Phi) is 6.23. The average molecular weight is 451 g/mol. The van der Waals surface area contributed by atoms with Crippen LogP contribution in [0.2, 0.25) is 5.02 Å². The van der Waals surface area contributed by atoms with Crippen molar-refractivity contribution in [2.75, 3.05) is 16.0 Å². The predicted molar refractivity (Wildman–Crippen MR) is 124 cm³/mol. The van der Waals surface area contributed by atoms with E-state index in [1.807, 2.05) is 18.2 Å². The molecule has 3 aromatic carbocycles. The lowest BCUT2D eigenvalue weighted by Crippen LogP contribution is -2.20. The fraction of sp³-hybridized carbons (Fsp3) is 0.0870. The number of aromatic nitrogens is 1. The highest BCUT2D eigenvalue weighted by Gasteiger charge is 2.12. The molecule has 3 amide bonds. The maximum atomic E-state index is 12.4. The maximum Gasteiger partial charge on any atom is 0.419 e. The molecule has 1 aromatic heterocycles. The van der Waals surface area contributed by atoms with Crippen LogP contribution in [-0.2, 0) is 11.3 Å². The molecule has 0 aliphatic heterocycles. The summed E-state index contributed by atoms with van der Waals surface area (Å²) in [4.78, 5) is 36.6. The van der Waals surface area contributed by atoms with E-state index in [9.17, 15) is 14.4 Å². The molecular weight excluding hydrogens is 432 g/mol. The zero-order chi connectivity index (χ0) is 22.5. The molecule has 32 heavy (non-hydrogen) atoms. The predicted octanol–water partition coefficient (Wildman–Crippen LogP) is 4.92. The first kappa shape index (κ1) is 21.2. The molecule has 0 saturated heterocycles. The van der Waals surface area contributed by atoms with Crippen molar-refractivity contribution in [3.05, 3.63) is 88.4 Å². The highest BCUT2D eigenvalue weighted by atomic mass is 35.5. The molecule has 162 valence electrons. The zero-order valence-corrected chi connectivity index (χ0v) is 17.6. The van der Waals surface area contributed by atoms with Gasteiger partial charge in [-0.05, 0) is 42.5 Å². The average Bonchev–Trinajstić information content (AvgIpc) is 3.07. The monoisotopic (exact) mass is 450 g/mol. The quantitative estimate of drug-likeness (QED) is 0.387. The van der Waals surface area contributed by atoms with Gasteiger partial charge in [0.05, 0.1) is 5.52 Å². The number of halogens is 1. The molecule has 9 heteroatoms. The summed E-state index contributed by atoms with van der Waals surface area (Å²) in [5.74, 6) is -0.836. The SMILES string of the molecule is O=C(CCn1c(=O)oc2cc(Cl)ccc21)Nc1cccc(NC(=O)Nc2ccccc2)c1. The minimum Gasteiger partial charge on any atom is -0.408 e. The van der Waals surface area contributed by atoms with Crippen molar-refractivity contribution in [1.82, 2.24) is 4.57 Å². The molecule has 0 spiro atoms. The molecule has 4 aromatic rings. The number of aryl methyl sites for hydroxylation is 1. The molecule has 0 fully saturated rings. The molecule has 0 bridgehead atoms. The van der Waals surface area contributed by atoms with Crippen molar-refractivity contribution in [3.63, 3.8) is 0 Å². The third-order valence-corrected chi connectivity index (χ3v) is 4.86. The van der Waals surface area contributed by atoms with Crippen molar-refractivity contribution in [3.8, 4) is 0 Å². The Morgan fingerprint density at radius 1 is 0.844 bits per heavy atom. The number of nitrogens with one attached hydrogen (secondary N) is 3. The van der Waals surface area contributed by atoms with Gasteiger partial charge in [0, 0.05) is 41.1 Å². The lowest BCUT2D eigenvalue weighted by Gasteiger charge is -2.10.